The van der Waals surface area contributed by atoms with Crippen LogP contribution in [0.15, 0.2) is 0 Å². The molecule has 1 aliphatic rings. The molecule has 1 aliphatic heterocycles. The lowest BCUT2D eigenvalue weighted by atomic mass is 10.0. The van der Waals surface area contributed by atoms with E-state index in [2.05, 4.69) is 5.32 Å². The molecule has 0 spiro atoms. The van der Waals surface area contributed by atoms with Gasteiger partial charge in [0.25, 0.3) is 0 Å². The highest BCUT2D eigenvalue weighted by Crippen LogP contribution is 2.13. The van der Waals surface area contributed by atoms with Crippen LogP contribution >= 0.6 is 0 Å². The van der Waals surface area contributed by atoms with E-state index in [1.165, 1.54) is 0 Å². The fourth-order valence-electron chi connectivity index (χ4n) is 2.49. The van der Waals surface area contributed by atoms with Gasteiger partial charge in [0.2, 0.25) is 11.8 Å². The molecule has 3 N–H and O–H groups in total. The lowest BCUT2D eigenvalue weighted by Crippen LogP contribution is -2.47. The van der Waals surface area contributed by atoms with Crippen molar-refractivity contribution >= 4 is 11.8 Å². The van der Waals surface area contributed by atoms with Gasteiger partial charge in [-0.15, -0.1) is 0 Å². The van der Waals surface area contributed by atoms with Crippen LogP contribution < -0.4 is 11.1 Å². The number of hydrogen-bond acceptors (Lipinski definition) is 3. The van der Waals surface area contributed by atoms with Gasteiger partial charge in [-0.3, -0.25) is 9.59 Å². The molecule has 0 aliphatic carbocycles. The van der Waals surface area contributed by atoms with Crippen LogP contribution in [0.3, 0.4) is 0 Å². The molecule has 5 nitrogen and oxygen atoms in total. The maximum atomic E-state index is 11.9. The molecule has 0 aromatic carbocycles. The molecule has 0 radical (unpaired) electrons. The van der Waals surface area contributed by atoms with Gasteiger partial charge < -0.3 is 16.0 Å². The van der Waals surface area contributed by atoms with Gasteiger partial charge in [-0.25, -0.2) is 0 Å². The van der Waals surface area contributed by atoms with E-state index >= 15 is 0 Å². The summed E-state index contributed by atoms with van der Waals surface area (Å²) in [6, 6.07) is 0.377. The van der Waals surface area contributed by atoms with Crippen LogP contribution in [0.4, 0.5) is 0 Å². The molecule has 20 heavy (non-hydrogen) atoms. The quantitative estimate of drug-likeness (QED) is 0.770. The Morgan fingerprint density at radius 2 is 1.85 bits per heavy atom. The fraction of sp³-hybridized carbons (Fsp3) is 0.867. The summed E-state index contributed by atoms with van der Waals surface area (Å²) in [7, 11) is 0. The van der Waals surface area contributed by atoms with E-state index in [4.69, 9.17) is 5.73 Å². The molecule has 1 rings (SSSR count). The average Bonchev–Trinajstić information content (AvgIpc) is 2.38. The smallest absolute Gasteiger partial charge is 0.225 e. The number of nitrogens with zero attached hydrogens (tertiary/aromatic N) is 1. The van der Waals surface area contributed by atoms with Gasteiger partial charge in [-0.2, -0.15) is 0 Å². The number of rotatable bonds is 6. The Balaban J connectivity index is 2.22. The van der Waals surface area contributed by atoms with Crippen LogP contribution in [0, 0.1) is 5.92 Å². The van der Waals surface area contributed by atoms with E-state index in [0.29, 0.717) is 6.42 Å². The van der Waals surface area contributed by atoms with Crippen molar-refractivity contribution in [1.29, 1.82) is 0 Å². The Hall–Kier alpha value is -1.10. The van der Waals surface area contributed by atoms with E-state index in [1.807, 2.05) is 25.7 Å². The molecule has 1 atom stereocenters. The summed E-state index contributed by atoms with van der Waals surface area (Å²) >= 11 is 0. The zero-order valence-corrected chi connectivity index (χ0v) is 13.0. The second-order valence-electron chi connectivity index (χ2n) is 6.19. The van der Waals surface area contributed by atoms with Crippen molar-refractivity contribution in [1.82, 2.24) is 10.2 Å². The molecular weight excluding hydrogens is 254 g/mol. The van der Waals surface area contributed by atoms with Crippen molar-refractivity contribution in [2.45, 2.75) is 65.0 Å². The van der Waals surface area contributed by atoms with Crippen molar-refractivity contribution in [2.75, 3.05) is 13.1 Å². The highest BCUT2D eigenvalue weighted by molar-refractivity contribution is 5.78. The lowest BCUT2D eigenvalue weighted by Gasteiger charge is -2.33. The molecule has 1 saturated heterocycles. The Kier molecular flexibility index (Phi) is 6.99. The summed E-state index contributed by atoms with van der Waals surface area (Å²) < 4.78 is 0. The third-order valence-corrected chi connectivity index (χ3v) is 3.73. The minimum atomic E-state index is 0.0550. The number of carbonyl (C=O) groups excluding carboxylic acids is 2. The summed E-state index contributed by atoms with van der Waals surface area (Å²) in [4.78, 5) is 25.5. The highest BCUT2D eigenvalue weighted by Gasteiger charge is 2.24. The van der Waals surface area contributed by atoms with E-state index in [-0.39, 0.29) is 29.8 Å². The van der Waals surface area contributed by atoms with Crippen molar-refractivity contribution in [3.05, 3.63) is 0 Å². The Morgan fingerprint density at radius 3 is 2.35 bits per heavy atom. The molecule has 116 valence electrons. The zero-order valence-electron chi connectivity index (χ0n) is 13.0. The standard InChI is InChI=1S/C15H29N3O2/c1-11(2)15(20)18-9-7-13(8-10-18)17-14(19)6-4-5-12(3)16/h11-13H,4-10,16H2,1-3H3,(H,17,19). The predicted octanol–water partition coefficient (Wildman–Crippen LogP) is 1.27. The van der Waals surface area contributed by atoms with Crippen molar-refractivity contribution < 1.29 is 9.59 Å². The maximum absolute atomic E-state index is 11.9. The summed E-state index contributed by atoms with van der Waals surface area (Å²) in [5, 5.41) is 3.06. The van der Waals surface area contributed by atoms with Crippen LogP contribution in [0.5, 0.6) is 0 Å². The SMILES string of the molecule is CC(N)CCCC(=O)NC1CCN(C(=O)C(C)C)CC1. The molecule has 0 aromatic rings. The van der Waals surface area contributed by atoms with Gasteiger partial charge in [0, 0.05) is 37.5 Å². The van der Waals surface area contributed by atoms with E-state index in [0.717, 1.165) is 38.8 Å². The average molecular weight is 283 g/mol. The van der Waals surface area contributed by atoms with Crippen LogP contribution in [0.1, 0.15) is 52.9 Å². The third-order valence-electron chi connectivity index (χ3n) is 3.73. The summed E-state index contributed by atoms with van der Waals surface area (Å²) in [6.07, 6.45) is 3.99. The second-order valence-corrected chi connectivity index (χ2v) is 6.19. The van der Waals surface area contributed by atoms with Crippen molar-refractivity contribution in [3.8, 4) is 0 Å². The molecule has 1 fully saturated rings. The number of nitrogens with two attached hydrogens (primary N) is 1. The molecule has 1 unspecified atom stereocenters. The normalized spacial score (nSPS) is 18.1. The predicted molar refractivity (Wildman–Crippen MR) is 80.1 cm³/mol. The summed E-state index contributed by atoms with van der Waals surface area (Å²) in [6.45, 7) is 7.31. The Bertz CT molecular complexity index is 321. The minimum Gasteiger partial charge on any atom is -0.353 e. The van der Waals surface area contributed by atoms with Gasteiger partial charge >= 0.3 is 0 Å². The Labute approximate surface area is 122 Å². The van der Waals surface area contributed by atoms with Crippen LogP contribution in [0.25, 0.3) is 0 Å². The van der Waals surface area contributed by atoms with E-state index < -0.39 is 0 Å². The fourth-order valence-corrected chi connectivity index (χ4v) is 2.49. The number of likely N-dealkylation sites (tertiary alicyclic amines) is 1. The van der Waals surface area contributed by atoms with Gasteiger partial charge in [0.1, 0.15) is 0 Å². The maximum Gasteiger partial charge on any atom is 0.225 e. The molecule has 2 amide bonds. The first-order valence-electron chi connectivity index (χ1n) is 7.74. The van der Waals surface area contributed by atoms with Crippen LogP contribution in [-0.2, 0) is 9.59 Å². The highest BCUT2D eigenvalue weighted by atomic mass is 16.2. The number of nitrogens with one attached hydrogen (secondary N) is 1. The first-order chi connectivity index (χ1) is 9.40. The molecule has 1 heterocycles. The topological polar surface area (TPSA) is 75.4 Å². The van der Waals surface area contributed by atoms with Gasteiger partial charge in [0.05, 0.1) is 0 Å². The van der Waals surface area contributed by atoms with E-state index in [9.17, 15) is 9.59 Å². The van der Waals surface area contributed by atoms with Crippen molar-refractivity contribution in [3.63, 3.8) is 0 Å². The molecule has 5 heteroatoms. The number of carbonyl (C=O) groups is 2. The van der Waals surface area contributed by atoms with Crippen LogP contribution in [0.2, 0.25) is 0 Å². The first-order valence-corrected chi connectivity index (χ1v) is 7.74. The second kappa shape index (κ2) is 8.25. The molecular formula is C15H29N3O2. The molecule has 0 bridgehead atoms. The molecule has 0 saturated carbocycles. The van der Waals surface area contributed by atoms with Gasteiger partial charge in [-0.05, 0) is 32.6 Å². The monoisotopic (exact) mass is 283 g/mol. The van der Waals surface area contributed by atoms with Crippen LogP contribution in [-0.4, -0.2) is 41.9 Å². The lowest BCUT2D eigenvalue weighted by molar-refractivity contribution is -0.135. The summed E-state index contributed by atoms with van der Waals surface area (Å²) in [5.74, 6) is 0.380. The van der Waals surface area contributed by atoms with E-state index in [1.54, 1.807) is 0 Å². The number of piperidine rings is 1. The third kappa shape index (κ3) is 5.90. The largest absolute Gasteiger partial charge is 0.353 e. The minimum absolute atomic E-state index is 0.0550. The zero-order chi connectivity index (χ0) is 15.1. The number of amides is 2. The van der Waals surface area contributed by atoms with Gasteiger partial charge in [-0.1, -0.05) is 13.8 Å². The van der Waals surface area contributed by atoms with Gasteiger partial charge in [0.15, 0.2) is 0 Å². The Morgan fingerprint density at radius 1 is 1.25 bits per heavy atom. The molecule has 0 aromatic heterocycles. The van der Waals surface area contributed by atoms with Crippen molar-refractivity contribution in [2.24, 2.45) is 11.7 Å². The number of hydrogen-bond donors (Lipinski definition) is 2. The first kappa shape index (κ1) is 17.0. The summed E-state index contributed by atoms with van der Waals surface area (Å²) in [5.41, 5.74) is 5.66.